The van der Waals surface area contributed by atoms with E-state index in [2.05, 4.69) is 31.0 Å². The van der Waals surface area contributed by atoms with E-state index in [9.17, 15) is 13.2 Å². The van der Waals surface area contributed by atoms with Crippen molar-refractivity contribution < 1.29 is 17.9 Å². The number of nitrogens with two attached hydrogens (primary N) is 1. The summed E-state index contributed by atoms with van der Waals surface area (Å²) in [5, 5.41) is 2.39. The molecule has 0 saturated carbocycles. The fourth-order valence-electron chi connectivity index (χ4n) is 0.998. The molecule has 8 heteroatoms. The highest BCUT2D eigenvalue weighted by Crippen LogP contribution is 2.23. The number of nitrogen functional groups attached to an aromatic ring is 1. The van der Waals surface area contributed by atoms with Crippen molar-refractivity contribution in [3.05, 3.63) is 16.7 Å². The van der Waals surface area contributed by atoms with Crippen LogP contribution >= 0.6 is 15.9 Å². The van der Waals surface area contributed by atoms with E-state index >= 15 is 0 Å². The van der Waals surface area contributed by atoms with Crippen LogP contribution in [0.25, 0.3) is 0 Å². The van der Waals surface area contributed by atoms with Crippen LogP contribution in [0.3, 0.4) is 0 Å². The van der Waals surface area contributed by atoms with Gasteiger partial charge in [0.1, 0.15) is 6.23 Å². The maximum atomic E-state index is 11.9. The summed E-state index contributed by atoms with van der Waals surface area (Å²) >= 11 is 3.13. The van der Waals surface area contributed by atoms with E-state index in [0.29, 0.717) is 4.47 Å². The molecule has 1 atom stereocenters. The molecule has 0 fully saturated rings. The third-order valence-electron chi connectivity index (χ3n) is 1.53. The third-order valence-corrected chi connectivity index (χ3v) is 1.97. The minimum Gasteiger partial charge on any atom is -0.396 e. The van der Waals surface area contributed by atoms with E-state index in [-0.39, 0.29) is 11.5 Å². The number of ether oxygens (including phenoxy) is 1. The van der Waals surface area contributed by atoms with Gasteiger partial charge in [-0.15, -0.1) is 13.2 Å². The number of pyridine rings is 1. The summed E-state index contributed by atoms with van der Waals surface area (Å²) in [4.78, 5) is 3.82. The van der Waals surface area contributed by atoms with E-state index in [1.54, 1.807) is 0 Å². The Morgan fingerprint density at radius 2 is 2.19 bits per heavy atom. The Hall–Kier alpha value is -1.02. The minimum atomic E-state index is -4.70. The maximum absolute atomic E-state index is 11.9. The van der Waals surface area contributed by atoms with Crippen molar-refractivity contribution in [1.29, 1.82) is 0 Å². The highest BCUT2D eigenvalue weighted by atomic mass is 79.9. The van der Waals surface area contributed by atoms with Crippen LogP contribution in [0, 0.1) is 0 Å². The molecule has 1 unspecified atom stereocenters. The number of aromatic nitrogens is 1. The summed E-state index contributed by atoms with van der Waals surface area (Å²) in [6, 6.07) is 1.52. The van der Waals surface area contributed by atoms with Crippen molar-refractivity contribution in [3.8, 4) is 0 Å². The van der Waals surface area contributed by atoms with Crippen LogP contribution in [0.2, 0.25) is 0 Å². The van der Waals surface area contributed by atoms with E-state index < -0.39 is 12.6 Å². The lowest BCUT2D eigenvalue weighted by atomic mass is 10.4. The molecule has 3 N–H and O–H groups in total. The molecule has 0 aliphatic heterocycles. The minimum absolute atomic E-state index is 0.139. The summed E-state index contributed by atoms with van der Waals surface area (Å²) in [7, 11) is 0. The Morgan fingerprint density at radius 3 is 2.69 bits per heavy atom. The van der Waals surface area contributed by atoms with Gasteiger partial charge in [0.25, 0.3) is 0 Å². The molecule has 0 radical (unpaired) electrons. The first-order valence-corrected chi connectivity index (χ1v) is 4.99. The number of alkyl halides is 3. The van der Waals surface area contributed by atoms with Crippen molar-refractivity contribution in [2.45, 2.75) is 19.5 Å². The number of nitrogens with zero attached hydrogens (tertiary/aromatic N) is 1. The highest BCUT2D eigenvalue weighted by molar-refractivity contribution is 9.10. The van der Waals surface area contributed by atoms with Crippen LogP contribution in [-0.2, 0) is 4.74 Å². The molecule has 4 nitrogen and oxygen atoms in total. The Labute approximate surface area is 98.1 Å². The second kappa shape index (κ2) is 4.88. The van der Waals surface area contributed by atoms with Gasteiger partial charge in [-0.05, 0) is 28.9 Å². The summed E-state index contributed by atoms with van der Waals surface area (Å²) < 4.78 is 39.9. The maximum Gasteiger partial charge on any atom is 0.524 e. The molecule has 1 aromatic heterocycles. The summed E-state index contributed by atoms with van der Waals surface area (Å²) in [6.07, 6.45) is -4.55. The molecule has 0 bridgehead atoms. The number of halogens is 4. The fourth-order valence-corrected chi connectivity index (χ4v) is 1.35. The zero-order valence-electron chi connectivity index (χ0n) is 8.18. The smallest absolute Gasteiger partial charge is 0.396 e. The van der Waals surface area contributed by atoms with Crippen LogP contribution in [0.1, 0.15) is 6.92 Å². The zero-order valence-corrected chi connectivity index (χ0v) is 9.76. The SMILES string of the molecule is CC(Nc1ncc(Br)cc1N)OC(F)(F)F. The molecule has 0 saturated heterocycles. The highest BCUT2D eigenvalue weighted by Gasteiger charge is 2.32. The largest absolute Gasteiger partial charge is 0.524 e. The molecule has 0 spiro atoms. The first kappa shape index (κ1) is 13.0. The van der Waals surface area contributed by atoms with E-state index in [1.807, 2.05) is 0 Å². The van der Waals surface area contributed by atoms with Gasteiger partial charge in [0.15, 0.2) is 5.82 Å². The lowest BCUT2D eigenvalue weighted by molar-refractivity contribution is -0.336. The van der Waals surface area contributed by atoms with Crippen LogP contribution in [0.4, 0.5) is 24.7 Å². The third kappa shape index (κ3) is 4.23. The molecule has 16 heavy (non-hydrogen) atoms. The first-order valence-electron chi connectivity index (χ1n) is 4.20. The molecule has 0 amide bonds. The molecule has 1 heterocycles. The lowest BCUT2D eigenvalue weighted by Crippen LogP contribution is -2.28. The second-order valence-electron chi connectivity index (χ2n) is 2.94. The van der Waals surface area contributed by atoms with Gasteiger partial charge >= 0.3 is 6.36 Å². The van der Waals surface area contributed by atoms with Crippen LogP contribution in [0.15, 0.2) is 16.7 Å². The van der Waals surface area contributed by atoms with E-state index in [4.69, 9.17) is 5.73 Å². The Balaban J connectivity index is 2.66. The van der Waals surface area contributed by atoms with Crippen LogP contribution in [0.5, 0.6) is 0 Å². The van der Waals surface area contributed by atoms with Gasteiger partial charge in [0, 0.05) is 10.7 Å². The standard InChI is InChI=1S/C8H9BrF3N3O/c1-4(16-8(10,11)12)15-7-6(13)2-5(9)3-14-7/h2-4H,13H2,1H3,(H,14,15). The number of anilines is 2. The van der Waals surface area contributed by atoms with E-state index in [0.717, 1.165) is 0 Å². The zero-order chi connectivity index (χ0) is 12.3. The summed E-state index contributed by atoms with van der Waals surface area (Å²) in [5.74, 6) is 0.139. The lowest BCUT2D eigenvalue weighted by Gasteiger charge is -2.17. The molecule has 1 rings (SSSR count). The van der Waals surface area contributed by atoms with Crippen molar-refractivity contribution in [2.75, 3.05) is 11.1 Å². The van der Waals surface area contributed by atoms with Gasteiger partial charge in [-0.1, -0.05) is 0 Å². The quantitative estimate of drug-likeness (QED) is 0.843. The molecule has 1 aromatic rings. The number of hydrogen-bond donors (Lipinski definition) is 2. The molecular weight excluding hydrogens is 291 g/mol. The Kier molecular flexibility index (Phi) is 3.98. The van der Waals surface area contributed by atoms with Crippen molar-refractivity contribution in [2.24, 2.45) is 0 Å². The monoisotopic (exact) mass is 299 g/mol. The molecular formula is C8H9BrF3N3O. The fraction of sp³-hybridized carbons (Fsp3) is 0.375. The van der Waals surface area contributed by atoms with Crippen molar-refractivity contribution >= 4 is 27.4 Å². The predicted octanol–water partition coefficient (Wildman–Crippen LogP) is 2.72. The normalized spacial score (nSPS) is 13.6. The van der Waals surface area contributed by atoms with Crippen molar-refractivity contribution in [3.63, 3.8) is 0 Å². The van der Waals surface area contributed by atoms with Gasteiger partial charge in [0.05, 0.1) is 5.69 Å². The van der Waals surface area contributed by atoms with Gasteiger partial charge < -0.3 is 11.1 Å². The average Bonchev–Trinajstić information content (AvgIpc) is 2.06. The van der Waals surface area contributed by atoms with Crippen LogP contribution < -0.4 is 11.1 Å². The Bertz CT molecular complexity index is 372. The molecule has 90 valence electrons. The summed E-state index contributed by atoms with van der Waals surface area (Å²) in [5.41, 5.74) is 5.77. The number of hydrogen-bond acceptors (Lipinski definition) is 4. The predicted molar refractivity (Wildman–Crippen MR) is 56.6 cm³/mol. The summed E-state index contributed by atoms with van der Waals surface area (Å²) in [6.45, 7) is 1.21. The first-order chi connectivity index (χ1) is 7.28. The topological polar surface area (TPSA) is 60.2 Å². The van der Waals surface area contributed by atoms with Gasteiger partial charge in [-0.3, -0.25) is 4.74 Å². The average molecular weight is 300 g/mol. The van der Waals surface area contributed by atoms with Gasteiger partial charge in [0.2, 0.25) is 0 Å². The van der Waals surface area contributed by atoms with E-state index in [1.165, 1.54) is 19.2 Å². The molecule has 0 aliphatic carbocycles. The van der Waals surface area contributed by atoms with Gasteiger partial charge in [-0.2, -0.15) is 0 Å². The second-order valence-corrected chi connectivity index (χ2v) is 3.86. The number of nitrogens with one attached hydrogen (secondary N) is 1. The number of rotatable bonds is 3. The van der Waals surface area contributed by atoms with Crippen LogP contribution in [-0.4, -0.2) is 17.6 Å². The van der Waals surface area contributed by atoms with Crippen molar-refractivity contribution in [1.82, 2.24) is 4.98 Å². The molecule has 0 aliphatic rings. The Morgan fingerprint density at radius 1 is 1.56 bits per heavy atom. The molecule has 0 aromatic carbocycles. The van der Waals surface area contributed by atoms with Gasteiger partial charge in [-0.25, -0.2) is 4.98 Å².